The molecule has 0 saturated carbocycles. The molecule has 1 aromatic heterocycles. The van der Waals surface area contributed by atoms with Crippen molar-refractivity contribution in [3.8, 4) is 0 Å². The fourth-order valence-electron chi connectivity index (χ4n) is 5.75. The Hall–Kier alpha value is -2.65. The predicted octanol–water partition coefficient (Wildman–Crippen LogP) is 1.95. The second kappa shape index (κ2) is 12.8. The standard InChI is InChI=1S/C29H35ClN6O5S2/c1-19-14-24-26(17-32-19)42-28(33-24)29(38)36-9-8-35(18-25(36)27(37)31-6-7-34-10-12-41-13-11-34)43(39,40)23-5-3-20-15-22(30)4-2-21(20)16-23/h2-5,15-16,19,25,32H,6-14,17-18H2,1H3,(H,31,37). The lowest BCUT2D eigenvalue weighted by molar-refractivity contribution is -0.127. The van der Waals surface area contributed by atoms with Crippen LogP contribution in [0.15, 0.2) is 41.3 Å². The zero-order valence-electron chi connectivity index (χ0n) is 23.9. The molecule has 2 saturated heterocycles. The van der Waals surface area contributed by atoms with Crippen LogP contribution >= 0.6 is 22.9 Å². The van der Waals surface area contributed by atoms with Gasteiger partial charge in [0, 0.05) is 74.7 Å². The highest BCUT2D eigenvalue weighted by atomic mass is 35.5. The number of ether oxygens (including phenoxy) is 1. The Labute approximate surface area is 260 Å². The van der Waals surface area contributed by atoms with Gasteiger partial charge in [0.25, 0.3) is 5.91 Å². The maximum Gasteiger partial charge on any atom is 0.283 e. The molecular weight excluding hydrogens is 612 g/mol. The zero-order chi connectivity index (χ0) is 30.1. The third-order valence-corrected chi connectivity index (χ3v) is 11.4. The van der Waals surface area contributed by atoms with E-state index in [9.17, 15) is 18.0 Å². The zero-order valence-corrected chi connectivity index (χ0v) is 26.3. The van der Waals surface area contributed by atoms with E-state index in [0.29, 0.717) is 42.9 Å². The molecule has 43 heavy (non-hydrogen) atoms. The van der Waals surface area contributed by atoms with Crippen molar-refractivity contribution in [3.05, 3.63) is 57.0 Å². The van der Waals surface area contributed by atoms with Crippen LogP contribution in [0.5, 0.6) is 0 Å². The number of fused-ring (bicyclic) bond motifs is 2. The van der Waals surface area contributed by atoms with E-state index < -0.39 is 16.1 Å². The molecule has 230 valence electrons. The third kappa shape index (κ3) is 6.58. The van der Waals surface area contributed by atoms with E-state index in [1.54, 1.807) is 36.4 Å². The number of morpholine rings is 1. The summed E-state index contributed by atoms with van der Waals surface area (Å²) >= 11 is 7.44. The summed E-state index contributed by atoms with van der Waals surface area (Å²) in [6.45, 7) is 6.61. The van der Waals surface area contributed by atoms with Crippen LogP contribution in [0.3, 0.4) is 0 Å². The number of hydrogen-bond donors (Lipinski definition) is 2. The van der Waals surface area contributed by atoms with E-state index >= 15 is 0 Å². The molecule has 3 aliphatic heterocycles. The van der Waals surface area contributed by atoms with Gasteiger partial charge in [-0.05, 0) is 42.0 Å². The monoisotopic (exact) mass is 646 g/mol. The predicted molar refractivity (Wildman–Crippen MR) is 165 cm³/mol. The maximum atomic E-state index is 13.8. The second-order valence-corrected chi connectivity index (χ2v) is 14.6. The number of piperazine rings is 1. The van der Waals surface area contributed by atoms with E-state index in [1.165, 1.54) is 20.5 Å². The molecule has 0 spiro atoms. The molecule has 6 rings (SSSR count). The number of thiazole rings is 1. The highest BCUT2D eigenvalue weighted by molar-refractivity contribution is 7.89. The van der Waals surface area contributed by atoms with E-state index in [2.05, 4.69) is 27.4 Å². The van der Waals surface area contributed by atoms with Crippen LogP contribution in [0.1, 0.15) is 27.3 Å². The van der Waals surface area contributed by atoms with Gasteiger partial charge in [0.2, 0.25) is 15.9 Å². The van der Waals surface area contributed by atoms with Crippen molar-refractivity contribution in [1.29, 1.82) is 0 Å². The van der Waals surface area contributed by atoms with Crippen LogP contribution < -0.4 is 10.6 Å². The molecule has 0 bridgehead atoms. The quantitative estimate of drug-likeness (QED) is 0.399. The molecule has 4 heterocycles. The van der Waals surface area contributed by atoms with Gasteiger partial charge in [-0.3, -0.25) is 14.5 Å². The van der Waals surface area contributed by atoms with Crippen molar-refractivity contribution in [3.63, 3.8) is 0 Å². The molecule has 11 nitrogen and oxygen atoms in total. The highest BCUT2D eigenvalue weighted by Crippen LogP contribution is 2.28. The van der Waals surface area contributed by atoms with Crippen LogP contribution in [0, 0.1) is 0 Å². The molecule has 2 atom stereocenters. The number of aromatic nitrogens is 1. The lowest BCUT2D eigenvalue weighted by atomic mass is 10.1. The summed E-state index contributed by atoms with van der Waals surface area (Å²) in [6.07, 6.45) is 0.731. The second-order valence-electron chi connectivity index (χ2n) is 11.2. The molecular formula is C29H35ClN6O5S2. The first kappa shape index (κ1) is 30.4. The van der Waals surface area contributed by atoms with E-state index in [0.717, 1.165) is 40.9 Å². The van der Waals surface area contributed by atoms with Crippen molar-refractivity contribution in [2.45, 2.75) is 36.9 Å². The Kier molecular flexibility index (Phi) is 9.01. The lowest BCUT2D eigenvalue weighted by Crippen LogP contribution is -2.61. The number of halogens is 1. The smallest absolute Gasteiger partial charge is 0.283 e. The average molecular weight is 647 g/mol. The number of carbonyl (C=O) groups is 2. The number of hydrogen-bond acceptors (Lipinski definition) is 9. The molecule has 3 aliphatic rings. The highest BCUT2D eigenvalue weighted by Gasteiger charge is 2.41. The number of rotatable bonds is 7. The van der Waals surface area contributed by atoms with Gasteiger partial charge in [0.1, 0.15) is 6.04 Å². The van der Waals surface area contributed by atoms with Gasteiger partial charge in [-0.15, -0.1) is 11.3 Å². The van der Waals surface area contributed by atoms with E-state index in [-0.39, 0.29) is 42.4 Å². The van der Waals surface area contributed by atoms with E-state index in [1.807, 2.05) is 0 Å². The van der Waals surface area contributed by atoms with Gasteiger partial charge in [0.15, 0.2) is 5.01 Å². The minimum Gasteiger partial charge on any atom is -0.379 e. The summed E-state index contributed by atoms with van der Waals surface area (Å²) in [5.74, 6) is -0.730. The molecule has 14 heteroatoms. The Morgan fingerprint density at radius 2 is 1.88 bits per heavy atom. The van der Waals surface area contributed by atoms with Gasteiger partial charge >= 0.3 is 0 Å². The van der Waals surface area contributed by atoms with Gasteiger partial charge in [0.05, 0.1) is 23.8 Å². The molecule has 0 aliphatic carbocycles. The van der Waals surface area contributed by atoms with Crippen molar-refractivity contribution >= 4 is 55.5 Å². The van der Waals surface area contributed by atoms with E-state index in [4.69, 9.17) is 16.3 Å². The summed E-state index contributed by atoms with van der Waals surface area (Å²) in [5.41, 5.74) is 0.907. The van der Waals surface area contributed by atoms with Gasteiger partial charge in [-0.25, -0.2) is 13.4 Å². The van der Waals surface area contributed by atoms with Crippen LogP contribution in [-0.4, -0.2) is 110 Å². The van der Waals surface area contributed by atoms with Crippen molar-refractivity contribution < 1.29 is 22.7 Å². The van der Waals surface area contributed by atoms with Gasteiger partial charge < -0.3 is 20.3 Å². The molecule has 0 radical (unpaired) electrons. The SMILES string of the molecule is CC1Cc2nc(C(=O)N3CCN(S(=O)(=O)c4ccc5cc(Cl)ccc5c4)CC3C(=O)NCCN3CCOCC3)sc2CN1. The van der Waals surface area contributed by atoms with Gasteiger partial charge in [-0.1, -0.05) is 23.7 Å². The van der Waals surface area contributed by atoms with Crippen LogP contribution in [0.25, 0.3) is 10.8 Å². The Balaban J connectivity index is 1.23. The minimum atomic E-state index is -3.95. The van der Waals surface area contributed by atoms with Crippen molar-refractivity contribution in [2.24, 2.45) is 0 Å². The molecule has 2 fully saturated rings. The topological polar surface area (TPSA) is 124 Å². The Morgan fingerprint density at radius 3 is 2.70 bits per heavy atom. The number of amides is 2. The molecule has 2 aromatic carbocycles. The third-order valence-electron chi connectivity index (χ3n) is 8.22. The average Bonchev–Trinajstić information content (AvgIpc) is 3.44. The molecule has 2 unspecified atom stereocenters. The Morgan fingerprint density at radius 1 is 1.12 bits per heavy atom. The summed E-state index contributed by atoms with van der Waals surface area (Å²) in [5, 5.41) is 8.81. The normalized spacial score (nSPS) is 22.0. The first-order valence-corrected chi connectivity index (χ1v) is 17.1. The van der Waals surface area contributed by atoms with Crippen molar-refractivity contribution in [2.75, 3.05) is 59.0 Å². The first-order valence-electron chi connectivity index (χ1n) is 14.5. The fraction of sp³-hybridized carbons (Fsp3) is 0.483. The summed E-state index contributed by atoms with van der Waals surface area (Å²) in [6, 6.07) is 9.44. The van der Waals surface area contributed by atoms with Crippen LogP contribution in [-0.2, 0) is 32.5 Å². The molecule has 3 aromatic rings. The number of nitrogens with one attached hydrogen (secondary N) is 2. The largest absolute Gasteiger partial charge is 0.379 e. The van der Waals surface area contributed by atoms with Crippen LogP contribution in [0.2, 0.25) is 5.02 Å². The first-order chi connectivity index (χ1) is 20.7. The summed E-state index contributed by atoms with van der Waals surface area (Å²) < 4.78 is 34.4. The number of benzene rings is 2. The molecule has 2 amide bonds. The van der Waals surface area contributed by atoms with Crippen LogP contribution in [0.4, 0.5) is 0 Å². The molecule has 2 N–H and O–H groups in total. The lowest BCUT2D eigenvalue weighted by Gasteiger charge is -2.39. The summed E-state index contributed by atoms with van der Waals surface area (Å²) in [4.78, 5) is 36.9. The Bertz CT molecular complexity index is 1630. The number of sulfonamides is 1. The van der Waals surface area contributed by atoms with Gasteiger partial charge in [-0.2, -0.15) is 4.31 Å². The van der Waals surface area contributed by atoms with Crippen molar-refractivity contribution in [1.82, 2.24) is 29.7 Å². The fourth-order valence-corrected chi connectivity index (χ4v) is 8.40. The number of nitrogens with zero attached hydrogens (tertiary/aromatic N) is 4. The maximum absolute atomic E-state index is 13.8. The summed E-state index contributed by atoms with van der Waals surface area (Å²) in [7, 11) is -3.95. The number of carbonyl (C=O) groups excluding carboxylic acids is 2. The minimum absolute atomic E-state index is 0.0635.